The number of anilines is 1. The molecule has 1 aliphatic rings. The summed E-state index contributed by atoms with van der Waals surface area (Å²) in [6.07, 6.45) is 5.38. The molecule has 10 heteroatoms. The minimum Gasteiger partial charge on any atom is -0.455 e. The molecule has 168 valence electrons. The molecule has 4 rings (SSSR count). The standard InChI is InChI=1S/C22H27N7O3/c1-16-20(32-18-6-7-23-19(12-18)17-13-25-27(2)14-17)4-5-21(26-16)24-15-29-9-8-28(22(29)30)10-11-31-3/h4-7,12-14H,8-11,15H2,1-3H3,(H,24,26). The third-order valence-electron chi connectivity index (χ3n) is 5.19. The summed E-state index contributed by atoms with van der Waals surface area (Å²) in [4.78, 5) is 24.9. The van der Waals surface area contributed by atoms with Gasteiger partial charge in [0.25, 0.3) is 0 Å². The summed E-state index contributed by atoms with van der Waals surface area (Å²) >= 11 is 0. The Morgan fingerprint density at radius 1 is 1.19 bits per heavy atom. The summed E-state index contributed by atoms with van der Waals surface area (Å²) in [6.45, 7) is 4.81. The van der Waals surface area contributed by atoms with Gasteiger partial charge in [-0.2, -0.15) is 5.10 Å². The van der Waals surface area contributed by atoms with E-state index in [1.807, 2.05) is 38.4 Å². The number of nitrogens with one attached hydrogen (secondary N) is 1. The van der Waals surface area contributed by atoms with E-state index in [1.54, 1.807) is 40.1 Å². The lowest BCUT2D eigenvalue weighted by molar-refractivity contribution is 0.155. The molecule has 0 bridgehead atoms. The molecule has 1 saturated heterocycles. The van der Waals surface area contributed by atoms with Gasteiger partial charge in [-0.3, -0.25) is 9.67 Å². The summed E-state index contributed by atoms with van der Waals surface area (Å²) in [5.74, 6) is 2.01. The van der Waals surface area contributed by atoms with E-state index in [0.717, 1.165) is 17.0 Å². The van der Waals surface area contributed by atoms with Crippen LogP contribution in [-0.4, -0.2) is 75.6 Å². The lowest BCUT2D eigenvalue weighted by atomic mass is 10.2. The number of nitrogens with zero attached hydrogens (tertiary/aromatic N) is 6. The summed E-state index contributed by atoms with van der Waals surface area (Å²) in [5, 5.41) is 7.40. The fourth-order valence-corrected chi connectivity index (χ4v) is 3.43. The van der Waals surface area contributed by atoms with Crippen molar-refractivity contribution in [1.29, 1.82) is 0 Å². The Kier molecular flexibility index (Phi) is 6.50. The first-order valence-electron chi connectivity index (χ1n) is 10.4. The fraction of sp³-hybridized carbons (Fsp3) is 0.364. The number of methoxy groups -OCH3 is 1. The number of rotatable bonds is 9. The second kappa shape index (κ2) is 9.65. The average Bonchev–Trinajstić information content (AvgIpc) is 3.38. The zero-order valence-electron chi connectivity index (χ0n) is 18.5. The molecule has 1 fully saturated rings. The molecule has 0 aliphatic carbocycles. The molecule has 1 N–H and O–H groups in total. The van der Waals surface area contributed by atoms with Crippen molar-refractivity contribution in [3.63, 3.8) is 0 Å². The minimum atomic E-state index is 0.00772. The number of aryl methyl sites for hydroxylation is 2. The molecular formula is C22H27N7O3. The highest BCUT2D eigenvalue weighted by Gasteiger charge is 2.27. The summed E-state index contributed by atoms with van der Waals surface area (Å²) in [5.41, 5.74) is 2.45. The van der Waals surface area contributed by atoms with Crippen LogP contribution in [0.3, 0.4) is 0 Å². The lowest BCUT2D eigenvalue weighted by Gasteiger charge is -2.19. The van der Waals surface area contributed by atoms with Gasteiger partial charge in [-0.1, -0.05) is 0 Å². The van der Waals surface area contributed by atoms with E-state index in [0.29, 0.717) is 50.2 Å². The number of carbonyl (C=O) groups excluding carboxylic acids is 1. The zero-order chi connectivity index (χ0) is 22.5. The monoisotopic (exact) mass is 437 g/mol. The maximum absolute atomic E-state index is 12.4. The normalized spacial score (nSPS) is 13.7. The van der Waals surface area contributed by atoms with E-state index < -0.39 is 0 Å². The second-order valence-electron chi connectivity index (χ2n) is 7.52. The number of pyridine rings is 2. The summed E-state index contributed by atoms with van der Waals surface area (Å²) < 4.78 is 12.8. The molecular weight excluding hydrogens is 410 g/mol. The van der Waals surface area contributed by atoms with E-state index in [4.69, 9.17) is 9.47 Å². The topological polar surface area (TPSA) is 97.6 Å². The predicted molar refractivity (Wildman–Crippen MR) is 120 cm³/mol. The summed E-state index contributed by atoms with van der Waals surface area (Å²) in [6, 6.07) is 7.39. The fourth-order valence-electron chi connectivity index (χ4n) is 3.43. The Labute approximate surface area is 186 Å². The van der Waals surface area contributed by atoms with Gasteiger partial charge in [-0.15, -0.1) is 0 Å². The second-order valence-corrected chi connectivity index (χ2v) is 7.52. The van der Waals surface area contributed by atoms with Crippen molar-refractivity contribution in [3.05, 3.63) is 48.5 Å². The van der Waals surface area contributed by atoms with Crippen molar-refractivity contribution in [2.45, 2.75) is 6.92 Å². The van der Waals surface area contributed by atoms with Gasteiger partial charge in [0.2, 0.25) is 0 Å². The smallest absolute Gasteiger partial charge is 0.321 e. The van der Waals surface area contributed by atoms with Crippen LogP contribution in [0.1, 0.15) is 5.69 Å². The molecule has 3 aromatic rings. The molecule has 0 unspecified atom stereocenters. The Morgan fingerprint density at radius 3 is 2.78 bits per heavy atom. The molecule has 0 aromatic carbocycles. The first kappa shape index (κ1) is 21.6. The van der Waals surface area contributed by atoms with Crippen LogP contribution in [0.15, 0.2) is 42.9 Å². The van der Waals surface area contributed by atoms with Gasteiger partial charge in [0.1, 0.15) is 17.3 Å². The van der Waals surface area contributed by atoms with Gasteiger partial charge < -0.3 is 24.6 Å². The number of aromatic nitrogens is 4. The Morgan fingerprint density at radius 2 is 2.03 bits per heavy atom. The molecule has 0 radical (unpaired) electrons. The predicted octanol–water partition coefficient (Wildman–Crippen LogP) is 2.73. The average molecular weight is 438 g/mol. The van der Waals surface area contributed by atoms with E-state index in [2.05, 4.69) is 20.4 Å². The van der Waals surface area contributed by atoms with Gasteiger partial charge in [0, 0.05) is 57.8 Å². The van der Waals surface area contributed by atoms with Crippen LogP contribution in [0.4, 0.5) is 10.6 Å². The molecule has 4 heterocycles. The van der Waals surface area contributed by atoms with Crippen molar-refractivity contribution in [2.75, 3.05) is 45.3 Å². The van der Waals surface area contributed by atoms with Crippen molar-refractivity contribution in [1.82, 2.24) is 29.5 Å². The van der Waals surface area contributed by atoms with Gasteiger partial charge in [0.05, 0.1) is 30.9 Å². The van der Waals surface area contributed by atoms with Crippen LogP contribution in [-0.2, 0) is 11.8 Å². The van der Waals surface area contributed by atoms with E-state index in [1.165, 1.54) is 0 Å². The molecule has 0 saturated carbocycles. The van der Waals surface area contributed by atoms with E-state index in [-0.39, 0.29) is 6.03 Å². The zero-order valence-corrected chi connectivity index (χ0v) is 18.5. The maximum Gasteiger partial charge on any atom is 0.321 e. The molecule has 1 aliphatic heterocycles. The molecule has 32 heavy (non-hydrogen) atoms. The van der Waals surface area contributed by atoms with Crippen LogP contribution in [0.25, 0.3) is 11.3 Å². The minimum absolute atomic E-state index is 0.00772. The molecule has 0 atom stereocenters. The lowest BCUT2D eigenvalue weighted by Crippen LogP contribution is -2.36. The van der Waals surface area contributed by atoms with Crippen molar-refractivity contribution >= 4 is 11.8 Å². The first-order valence-corrected chi connectivity index (χ1v) is 10.4. The third-order valence-corrected chi connectivity index (χ3v) is 5.19. The first-order chi connectivity index (χ1) is 15.5. The van der Waals surface area contributed by atoms with E-state index >= 15 is 0 Å². The van der Waals surface area contributed by atoms with Crippen LogP contribution < -0.4 is 10.1 Å². The maximum atomic E-state index is 12.4. The molecule has 3 aromatic heterocycles. The Bertz CT molecular complexity index is 1080. The number of carbonyl (C=O) groups is 1. The van der Waals surface area contributed by atoms with Gasteiger partial charge in [-0.25, -0.2) is 9.78 Å². The number of hydrogen-bond acceptors (Lipinski definition) is 7. The SMILES string of the molecule is COCCN1CCN(CNc2ccc(Oc3ccnc(-c4cnn(C)c4)c3)c(C)n2)C1=O. The van der Waals surface area contributed by atoms with E-state index in [9.17, 15) is 4.79 Å². The quantitative estimate of drug-likeness (QED) is 0.550. The number of hydrogen-bond donors (Lipinski definition) is 1. The van der Waals surface area contributed by atoms with Crippen LogP contribution >= 0.6 is 0 Å². The highest BCUT2D eigenvalue weighted by molar-refractivity contribution is 5.76. The third kappa shape index (κ3) is 4.97. The summed E-state index contributed by atoms with van der Waals surface area (Å²) in [7, 11) is 3.50. The van der Waals surface area contributed by atoms with Crippen LogP contribution in [0.2, 0.25) is 0 Å². The molecule has 0 spiro atoms. The Hall–Kier alpha value is -3.66. The van der Waals surface area contributed by atoms with Crippen molar-refractivity contribution in [2.24, 2.45) is 7.05 Å². The number of ether oxygens (including phenoxy) is 2. The highest BCUT2D eigenvalue weighted by atomic mass is 16.5. The largest absolute Gasteiger partial charge is 0.455 e. The molecule has 10 nitrogen and oxygen atoms in total. The van der Waals surface area contributed by atoms with Crippen LogP contribution in [0.5, 0.6) is 11.5 Å². The number of urea groups is 1. The molecule has 2 amide bonds. The van der Waals surface area contributed by atoms with Crippen molar-refractivity contribution in [3.8, 4) is 22.8 Å². The highest BCUT2D eigenvalue weighted by Crippen LogP contribution is 2.28. The number of amides is 2. The van der Waals surface area contributed by atoms with Gasteiger partial charge >= 0.3 is 6.03 Å². The Balaban J connectivity index is 1.36. The van der Waals surface area contributed by atoms with Gasteiger partial charge in [-0.05, 0) is 25.1 Å². The van der Waals surface area contributed by atoms with Crippen LogP contribution in [0, 0.1) is 6.92 Å². The van der Waals surface area contributed by atoms with Gasteiger partial charge in [0.15, 0.2) is 0 Å². The van der Waals surface area contributed by atoms with Crippen molar-refractivity contribution < 1.29 is 14.3 Å².